The highest BCUT2D eigenvalue weighted by atomic mass is 14.9. The summed E-state index contributed by atoms with van der Waals surface area (Å²) in [5.74, 6) is 0.721. The second-order valence-corrected chi connectivity index (χ2v) is 14.5. The van der Waals surface area contributed by atoms with Gasteiger partial charge in [-0.15, -0.1) is 0 Å². The molecule has 56 heavy (non-hydrogen) atoms. The van der Waals surface area contributed by atoms with Crippen LogP contribution in [0.15, 0.2) is 207 Å². The second kappa shape index (κ2) is 13.2. The molecule has 0 radical (unpaired) electrons. The predicted octanol–water partition coefficient (Wildman–Crippen LogP) is 14.6. The first-order chi connectivity index (χ1) is 27.8. The van der Waals surface area contributed by atoms with Crippen LogP contribution in [0.3, 0.4) is 0 Å². The van der Waals surface area contributed by atoms with Crippen molar-refractivity contribution in [2.24, 2.45) is 0 Å². The smallest absolute Gasteiger partial charge is 0.160 e. The van der Waals surface area contributed by atoms with Crippen molar-refractivity contribution in [3.8, 4) is 55.9 Å². The number of benzene rings is 10. The van der Waals surface area contributed by atoms with Crippen LogP contribution in [-0.2, 0) is 0 Å². The zero-order chi connectivity index (χ0) is 37.0. The molecule has 0 amide bonds. The molecule has 0 fully saturated rings. The van der Waals surface area contributed by atoms with Gasteiger partial charge in [-0.05, 0) is 123 Å². The summed E-state index contributed by atoms with van der Waals surface area (Å²) in [4.78, 5) is 9.65. The minimum Gasteiger partial charge on any atom is -0.237 e. The predicted molar refractivity (Wildman–Crippen MR) is 237 cm³/mol. The fourth-order valence-corrected chi connectivity index (χ4v) is 8.75. The van der Waals surface area contributed by atoms with Crippen LogP contribution >= 0.6 is 0 Å². The molecule has 1 aromatic heterocycles. The van der Waals surface area contributed by atoms with E-state index < -0.39 is 0 Å². The molecule has 0 atom stereocenters. The fraction of sp³-hybridized carbons (Fsp3) is 0. The lowest BCUT2D eigenvalue weighted by Gasteiger charge is -2.19. The van der Waals surface area contributed by atoms with Crippen LogP contribution in [-0.4, -0.2) is 9.97 Å². The van der Waals surface area contributed by atoms with Gasteiger partial charge in [0.15, 0.2) is 5.82 Å². The van der Waals surface area contributed by atoms with E-state index in [1.54, 1.807) is 0 Å². The van der Waals surface area contributed by atoms with Crippen molar-refractivity contribution in [3.63, 3.8) is 0 Å². The van der Waals surface area contributed by atoms with Crippen LogP contribution in [0.2, 0.25) is 0 Å². The van der Waals surface area contributed by atoms with E-state index in [2.05, 4.69) is 188 Å². The number of nitrogens with zero attached hydrogens (tertiary/aromatic N) is 2. The minimum atomic E-state index is 0.721. The monoisotopic (exact) mass is 710 g/mol. The average Bonchev–Trinajstić information content (AvgIpc) is 3.28. The minimum absolute atomic E-state index is 0.721. The van der Waals surface area contributed by atoms with Crippen molar-refractivity contribution in [2.45, 2.75) is 0 Å². The second-order valence-electron chi connectivity index (χ2n) is 14.5. The molecular formula is C54H34N2. The van der Waals surface area contributed by atoms with Crippen LogP contribution < -0.4 is 0 Å². The zero-order valence-corrected chi connectivity index (χ0v) is 30.5. The summed E-state index contributed by atoms with van der Waals surface area (Å²) in [6.07, 6.45) is 3.67. The van der Waals surface area contributed by atoms with Crippen molar-refractivity contribution in [1.82, 2.24) is 9.97 Å². The summed E-state index contributed by atoms with van der Waals surface area (Å²) in [5.41, 5.74) is 10.5. The number of hydrogen-bond donors (Lipinski definition) is 0. The Labute approximate surface area is 325 Å². The van der Waals surface area contributed by atoms with Crippen molar-refractivity contribution < 1.29 is 0 Å². The Bertz CT molecular complexity index is 3230. The SMILES string of the molecule is c1ccc(-c2ccc3c(-c4ncccn4)c4cc(-c5ccccc5)ccc4c(-c4ccc(-c5ccc6c7ccccc7c7ccccc7c6c5)cc4)c3c2)cc1. The largest absolute Gasteiger partial charge is 0.237 e. The zero-order valence-electron chi connectivity index (χ0n) is 30.5. The summed E-state index contributed by atoms with van der Waals surface area (Å²) >= 11 is 0. The Balaban J connectivity index is 1.14. The Hall–Kier alpha value is -7.42. The molecule has 1 heterocycles. The maximum absolute atomic E-state index is 4.83. The maximum Gasteiger partial charge on any atom is 0.160 e. The third kappa shape index (κ3) is 5.26. The van der Waals surface area contributed by atoms with E-state index >= 15 is 0 Å². The van der Waals surface area contributed by atoms with E-state index in [0.717, 1.165) is 27.7 Å². The fourth-order valence-electron chi connectivity index (χ4n) is 8.75. The number of rotatable bonds is 5. The maximum atomic E-state index is 4.83. The molecule has 11 rings (SSSR count). The molecule has 0 aliphatic rings. The van der Waals surface area contributed by atoms with E-state index in [4.69, 9.17) is 9.97 Å². The molecule has 0 aliphatic carbocycles. The molecule has 0 bridgehead atoms. The van der Waals surface area contributed by atoms with Gasteiger partial charge in [-0.25, -0.2) is 9.97 Å². The molecule has 0 spiro atoms. The first-order valence-electron chi connectivity index (χ1n) is 19.1. The van der Waals surface area contributed by atoms with E-state index in [0.29, 0.717) is 0 Å². The third-order valence-corrected chi connectivity index (χ3v) is 11.4. The molecule has 2 heteroatoms. The van der Waals surface area contributed by atoms with Gasteiger partial charge in [-0.2, -0.15) is 0 Å². The molecule has 0 saturated heterocycles. The number of aromatic nitrogens is 2. The van der Waals surface area contributed by atoms with Gasteiger partial charge in [0.1, 0.15) is 0 Å². The van der Waals surface area contributed by atoms with Crippen LogP contribution in [0.1, 0.15) is 0 Å². The van der Waals surface area contributed by atoms with Crippen LogP contribution in [0.5, 0.6) is 0 Å². The summed E-state index contributed by atoms with van der Waals surface area (Å²) in [5, 5.41) is 12.3. The van der Waals surface area contributed by atoms with Crippen molar-refractivity contribution in [1.29, 1.82) is 0 Å². The normalized spacial score (nSPS) is 11.6. The Kier molecular flexibility index (Phi) is 7.53. The third-order valence-electron chi connectivity index (χ3n) is 11.4. The molecule has 260 valence electrons. The Morgan fingerprint density at radius 3 is 1.11 bits per heavy atom. The van der Waals surface area contributed by atoms with E-state index in [1.165, 1.54) is 82.0 Å². The summed E-state index contributed by atoms with van der Waals surface area (Å²) in [6, 6.07) is 70.5. The van der Waals surface area contributed by atoms with Gasteiger partial charge in [0.25, 0.3) is 0 Å². The highest BCUT2D eigenvalue weighted by Crippen LogP contribution is 2.46. The summed E-state index contributed by atoms with van der Waals surface area (Å²) < 4.78 is 0. The number of hydrogen-bond acceptors (Lipinski definition) is 2. The van der Waals surface area contributed by atoms with Crippen molar-refractivity contribution in [2.75, 3.05) is 0 Å². The van der Waals surface area contributed by atoms with Gasteiger partial charge >= 0.3 is 0 Å². The highest BCUT2D eigenvalue weighted by Gasteiger charge is 2.20. The van der Waals surface area contributed by atoms with Crippen LogP contribution in [0.25, 0.3) is 110 Å². The van der Waals surface area contributed by atoms with Gasteiger partial charge in [0, 0.05) is 18.0 Å². The van der Waals surface area contributed by atoms with Crippen molar-refractivity contribution in [3.05, 3.63) is 207 Å². The van der Waals surface area contributed by atoms with Gasteiger partial charge in [-0.1, -0.05) is 170 Å². The van der Waals surface area contributed by atoms with Gasteiger partial charge in [-0.3, -0.25) is 0 Å². The lowest BCUT2D eigenvalue weighted by atomic mass is 9.85. The van der Waals surface area contributed by atoms with Gasteiger partial charge < -0.3 is 0 Å². The average molecular weight is 711 g/mol. The molecule has 0 aliphatic heterocycles. The standard InChI is InChI=1S/C54H34N2/c1-3-12-35(13-4-1)40-26-29-48-50(33-40)52(47-28-25-41(36-14-5-2-6-15-36)34-51(47)53(48)54-55-30-11-31-56-54)38-22-20-37(21-23-38)39-24-27-46-44-18-8-7-16-42(44)43-17-9-10-19-45(43)49(46)32-39/h1-34H. The van der Waals surface area contributed by atoms with Gasteiger partial charge in [0.05, 0.1) is 0 Å². The highest BCUT2D eigenvalue weighted by molar-refractivity contribution is 6.26. The van der Waals surface area contributed by atoms with Crippen LogP contribution in [0, 0.1) is 0 Å². The summed E-state index contributed by atoms with van der Waals surface area (Å²) in [7, 11) is 0. The quantitative estimate of drug-likeness (QED) is 0.131. The van der Waals surface area contributed by atoms with Crippen LogP contribution in [0.4, 0.5) is 0 Å². The Morgan fingerprint density at radius 1 is 0.214 bits per heavy atom. The lowest BCUT2D eigenvalue weighted by Crippen LogP contribution is -1.95. The molecule has 0 saturated carbocycles. The molecular weight excluding hydrogens is 677 g/mol. The molecule has 10 aromatic carbocycles. The topological polar surface area (TPSA) is 25.8 Å². The van der Waals surface area contributed by atoms with E-state index in [9.17, 15) is 0 Å². The lowest BCUT2D eigenvalue weighted by molar-refractivity contribution is 1.18. The van der Waals surface area contributed by atoms with Crippen molar-refractivity contribution >= 4 is 53.9 Å². The Morgan fingerprint density at radius 2 is 0.571 bits per heavy atom. The molecule has 11 aromatic rings. The number of fused-ring (bicyclic) bond motifs is 8. The molecule has 0 unspecified atom stereocenters. The van der Waals surface area contributed by atoms with E-state index in [-0.39, 0.29) is 0 Å². The molecule has 0 N–H and O–H groups in total. The van der Waals surface area contributed by atoms with Gasteiger partial charge in [0.2, 0.25) is 0 Å². The van der Waals surface area contributed by atoms with E-state index in [1.807, 2.05) is 18.5 Å². The first-order valence-corrected chi connectivity index (χ1v) is 19.1. The first kappa shape index (κ1) is 32.0. The summed E-state index contributed by atoms with van der Waals surface area (Å²) in [6.45, 7) is 0. The molecule has 2 nitrogen and oxygen atoms in total.